The van der Waals surface area contributed by atoms with E-state index in [1.807, 2.05) is 29.2 Å². The molecule has 4 heteroatoms. The van der Waals surface area contributed by atoms with Crippen molar-refractivity contribution in [2.75, 3.05) is 29.9 Å². The van der Waals surface area contributed by atoms with Crippen molar-refractivity contribution in [1.82, 2.24) is 5.32 Å². The Balaban J connectivity index is 2.19. The van der Waals surface area contributed by atoms with Crippen LogP contribution >= 0.6 is 0 Å². The summed E-state index contributed by atoms with van der Waals surface area (Å²) in [6.07, 6.45) is 1.92. The van der Waals surface area contributed by atoms with Crippen molar-refractivity contribution in [3.05, 3.63) is 24.3 Å². The largest absolute Gasteiger partial charge is 0.383 e. The Hall–Kier alpha value is -1.71. The molecule has 0 atom stereocenters. The zero-order chi connectivity index (χ0) is 12.1. The lowest BCUT2D eigenvalue weighted by Gasteiger charge is -2.22. The lowest BCUT2D eigenvalue weighted by Crippen LogP contribution is -2.40. The number of fused-ring (bicyclic) bond motifs is 1. The van der Waals surface area contributed by atoms with Gasteiger partial charge in [0, 0.05) is 19.6 Å². The van der Waals surface area contributed by atoms with Gasteiger partial charge in [-0.15, -0.1) is 0 Å². The molecule has 0 saturated carbocycles. The number of benzene rings is 1. The van der Waals surface area contributed by atoms with Gasteiger partial charge in [0.15, 0.2) is 0 Å². The van der Waals surface area contributed by atoms with Crippen LogP contribution < -0.4 is 15.5 Å². The summed E-state index contributed by atoms with van der Waals surface area (Å²) in [5.41, 5.74) is 2.01. The lowest BCUT2D eigenvalue weighted by atomic mass is 10.2. The molecule has 1 aromatic rings. The van der Waals surface area contributed by atoms with Crippen LogP contribution in [0.2, 0.25) is 0 Å². The van der Waals surface area contributed by atoms with Crippen LogP contribution in [0.25, 0.3) is 0 Å². The minimum atomic E-state index is 0.00278. The van der Waals surface area contributed by atoms with Gasteiger partial charge in [0.2, 0.25) is 0 Å². The predicted molar refractivity (Wildman–Crippen MR) is 70.6 cm³/mol. The highest BCUT2D eigenvalue weighted by atomic mass is 16.2. The van der Waals surface area contributed by atoms with Crippen LogP contribution in [-0.2, 0) is 0 Å². The maximum absolute atomic E-state index is 12.1. The third kappa shape index (κ3) is 2.70. The Kier molecular flexibility index (Phi) is 3.85. The van der Waals surface area contributed by atoms with Crippen LogP contribution in [0.3, 0.4) is 0 Å². The number of anilines is 2. The van der Waals surface area contributed by atoms with Crippen LogP contribution in [0.5, 0.6) is 0 Å². The quantitative estimate of drug-likeness (QED) is 0.824. The molecule has 0 radical (unpaired) electrons. The van der Waals surface area contributed by atoms with E-state index in [-0.39, 0.29) is 6.03 Å². The van der Waals surface area contributed by atoms with E-state index in [1.165, 1.54) is 0 Å². The maximum atomic E-state index is 12.1. The van der Waals surface area contributed by atoms with Crippen LogP contribution in [-0.4, -0.2) is 25.7 Å². The number of carbonyl (C=O) groups is 1. The summed E-state index contributed by atoms with van der Waals surface area (Å²) < 4.78 is 0. The standard InChI is InChI=1S/C13H19N3O/c1-2-8-15-13(17)16-10-5-9-14-11-6-3-4-7-12(11)16/h3-4,6-7,14H,2,5,8-10H2,1H3,(H,15,17). The first kappa shape index (κ1) is 11.8. The highest BCUT2D eigenvalue weighted by Crippen LogP contribution is 2.27. The predicted octanol–water partition coefficient (Wildman–Crippen LogP) is 2.43. The van der Waals surface area contributed by atoms with Gasteiger partial charge in [0.1, 0.15) is 0 Å². The number of para-hydroxylation sites is 2. The third-order valence-corrected chi connectivity index (χ3v) is 2.84. The summed E-state index contributed by atoms with van der Waals surface area (Å²) in [6, 6.07) is 7.95. The molecule has 1 aliphatic rings. The molecule has 4 nitrogen and oxygen atoms in total. The van der Waals surface area contributed by atoms with Crippen molar-refractivity contribution >= 4 is 17.4 Å². The second-order valence-corrected chi connectivity index (χ2v) is 4.18. The average molecular weight is 233 g/mol. The SMILES string of the molecule is CCCNC(=O)N1CCCNc2ccccc21. The van der Waals surface area contributed by atoms with Crippen molar-refractivity contribution in [1.29, 1.82) is 0 Å². The molecule has 2 amide bonds. The molecule has 2 N–H and O–H groups in total. The van der Waals surface area contributed by atoms with Gasteiger partial charge in [-0.25, -0.2) is 4.79 Å². The Morgan fingerprint density at radius 3 is 3.12 bits per heavy atom. The summed E-state index contributed by atoms with van der Waals surface area (Å²) in [6.45, 7) is 4.46. The monoisotopic (exact) mass is 233 g/mol. The molecule has 1 aliphatic heterocycles. The Labute approximate surface area is 102 Å². The highest BCUT2D eigenvalue weighted by Gasteiger charge is 2.19. The first-order valence-electron chi connectivity index (χ1n) is 6.21. The first-order chi connectivity index (χ1) is 8.33. The molecular weight excluding hydrogens is 214 g/mol. The number of rotatable bonds is 2. The summed E-state index contributed by atoms with van der Waals surface area (Å²) in [7, 11) is 0. The van der Waals surface area contributed by atoms with Crippen molar-refractivity contribution in [3.8, 4) is 0 Å². The fourth-order valence-electron chi connectivity index (χ4n) is 1.98. The van der Waals surface area contributed by atoms with E-state index in [0.717, 1.165) is 43.9 Å². The zero-order valence-electron chi connectivity index (χ0n) is 10.2. The smallest absolute Gasteiger partial charge is 0.321 e. The van der Waals surface area contributed by atoms with Gasteiger partial charge in [0.05, 0.1) is 11.4 Å². The number of carbonyl (C=O) groups excluding carboxylic acids is 1. The third-order valence-electron chi connectivity index (χ3n) is 2.84. The van der Waals surface area contributed by atoms with Crippen LogP contribution in [0.1, 0.15) is 19.8 Å². The number of amides is 2. The molecule has 0 spiro atoms. The molecule has 0 aliphatic carbocycles. The van der Waals surface area contributed by atoms with Gasteiger partial charge in [0.25, 0.3) is 0 Å². The number of urea groups is 1. The van der Waals surface area contributed by atoms with Crippen LogP contribution in [0.4, 0.5) is 16.2 Å². The summed E-state index contributed by atoms with van der Waals surface area (Å²) in [5.74, 6) is 0. The molecular formula is C13H19N3O. The summed E-state index contributed by atoms with van der Waals surface area (Å²) >= 11 is 0. The fourth-order valence-corrected chi connectivity index (χ4v) is 1.98. The first-order valence-corrected chi connectivity index (χ1v) is 6.21. The van der Waals surface area contributed by atoms with E-state index < -0.39 is 0 Å². The minimum absolute atomic E-state index is 0.00278. The Morgan fingerprint density at radius 1 is 1.47 bits per heavy atom. The molecule has 92 valence electrons. The van der Waals surface area contributed by atoms with Gasteiger partial charge in [-0.1, -0.05) is 19.1 Å². The van der Waals surface area contributed by atoms with Gasteiger partial charge >= 0.3 is 6.03 Å². The van der Waals surface area contributed by atoms with Gasteiger partial charge in [-0.3, -0.25) is 4.90 Å². The van der Waals surface area contributed by atoms with E-state index in [4.69, 9.17) is 0 Å². The molecule has 2 rings (SSSR count). The maximum Gasteiger partial charge on any atom is 0.321 e. The normalized spacial score (nSPS) is 14.5. The second kappa shape index (κ2) is 5.57. The molecule has 0 fully saturated rings. The van der Waals surface area contributed by atoms with Crippen molar-refractivity contribution in [2.45, 2.75) is 19.8 Å². The summed E-state index contributed by atoms with van der Waals surface area (Å²) in [4.78, 5) is 13.9. The molecule has 0 bridgehead atoms. The lowest BCUT2D eigenvalue weighted by molar-refractivity contribution is 0.246. The summed E-state index contributed by atoms with van der Waals surface area (Å²) in [5, 5.41) is 6.27. The van der Waals surface area contributed by atoms with Crippen molar-refractivity contribution < 1.29 is 4.79 Å². The number of nitrogens with zero attached hydrogens (tertiary/aromatic N) is 1. The fraction of sp³-hybridized carbons (Fsp3) is 0.462. The highest BCUT2D eigenvalue weighted by molar-refractivity contribution is 5.95. The number of nitrogens with one attached hydrogen (secondary N) is 2. The molecule has 1 heterocycles. The molecule has 17 heavy (non-hydrogen) atoms. The molecule has 0 unspecified atom stereocenters. The van der Waals surface area contributed by atoms with Crippen molar-refractivity contribution in [2.24, 2.45) is 0 Å². The topological polar surface area (TPSA) is 44.4 Å². The van der Waals surface area contributed by atoms with Gasteiger partial charge in [-0.2, -0.15) is 0 Å². The van der Waals surface area contributed by atoms with E-state index >= 15 is 0 Å². The Morgan fingerprint density at radius 2 is 2.29 bits per heavy atom. The number of hydrogen-bond donors (Lipinski definition) is 2. The van der Waals surface area contributed by atoms with E-state index in [2.05, 4.69) is 17.6 Å². The van der Waals surface area contributed by atoms with Crippen molar-refractivity contribution in [3.63, 3.8) is 0 Å². The van der Waals surface area contributed by atoms with Gasteiger partial charge < -0.3 is 10.6 Å². The molecule has 0 saturated heterocycles. The number of hydrogen-bond acceptors (Lipinski definition) is 2. The molecule has 1 aromatic carbocycles. The Bertz CT molecular complexity index is 392. The van der Waals surface area contributed by atoms with E-state index in [9.17, 15) is 4.79 Å². The molecule has 0 aromatic heterocycles. The second-order valence-electron chi connectivity index (χ2n) is 4.18. The van der Waals surface area contributed by atoms with Crippen LogP contribution in [0, 0.1) is 0 Å². The minimum Gasteiger partial charge on any atom is -0.383 e. The zero-order valence-corrected chi connectivity index (χ0v) is 10.2. The average Bonchev–Trinajstić information content (AvgIpc) is 2.58. The van der Waals surface area contributed by atoms with E-state index in [1.54, 1.807) is 0 Å². The van der Waals surface area contributed by atoms with Crippen LogP contribution in [0.15, 0.2) is 24.3 Å². The van der Waals surface area contributed by atoms with E-state index in [0.29, 0.717) is 0 Å². The van der Waals surface area contributed by atoms with Gasteiger partial charge in [-0.05, 0) is 25.0 Å².